The normalized spacial score (nSPS) is 21.5. The van der Waals surface area contributed by atoms with Crippen molar-refractivity contribution in [3.8, 4) is 22.5 Å². The summed E-state index contributed by atoms with van der Waals surface area (Å²) in [5.41, 5.74) is 2.50. The Balaban J connectivity index is 1.70. The first kappa shape index (κ1) is 17.5. The Morgan fingerprint density at radius 2 is 1.97 bits per heavy atom. The molecule has 0 amide bonds. The highest BCUT2D eigenvalue weighted by Crippen LogP contribution is 2.64. The summed E-state index contributed by atoms with van der Waals surface area (Å²) in [6, 6.07) is 1.56. The van der Waals surface area contributed by atoms with Gasteiger partial charge in [0.1, 0.15) is 23.4 Å². The fourth-order valence-electron chi connectivity index (χ4n) is 4.61. The number of aromatic amines is 1. The maximum Gasteiger partial charge on any atom is 0.275 e. The zero-order valence-corrected chi connectivity index (χ0v) is 15.6. The summed E-state index contributed by atoms with van der Waals surface area (Å²) in [6.07, 6.45) is 2.69. The summed E-state index contributed by atoms with van der Waals surface area (Å²) in [6.45, 7) is 1.71. The lowest BCUT2D eigenvalue weighted by atomic mass is 9.95. The number of nitrogens with one attached hydrogen (secondary N) is 1. The number of alkyl halides is 2. The summed E-state index contributed by atoms with van der Waals surface area (Å²) in [7, 11) is 0. The predicted octanol–water partition coefficient (Wildman–Crippen LogP) is 4.22. The van der Waals surface area contributed by atoms with Gasteiger partial charge in [0, 0.05) is 16.8 Å². The molecule has 0 radical (unpaired) electrons. The van der Waals surface area contributed by atoms with Crippen LogP contribution in [0.4, 0.5) is 17.6 Å². The van der Waals surface area contributed by atoms with Gasteiger partial charge in [0.25, 0.3) is 5.92 Å². The molecule has 1 N–H and O–H groups in total. The van der Waals surface area contributed by atoms with Crippen LogP contribution >= 0.6 is 0 Å². The third-order valence-electron chi connectivity index (χ3n) is 6.07. The van der Waals surface area contributed by atoms with Crippen molar-refractivity contribution in [2.24, 2.45) is 5.92 Å². The highest BCUT2D eigenvalue weighted by atomic mass is 19.3. The molecule has 30 heavy (non-hydrogen) atoms. The number of aromatic nitrogens is 6. The zero-order chi connectivity index (χ0) is 20.8. The minimum atomic E-state index is -2.85. The van der Waals surface area contributed by atoms with Crippen LogP contribution in [0, 0.1) is 24.5 Å². The minimum absolute atomic E-state index is 0.191. The number of aryl methyl sites for hydroxylation is 1. The first-order chi connectivity index (χ1) is 14.4. The van der Waals surface area contributed by atoms with E-state index < -0.39 is 29.5 Å². The van der Waals surface area contributed by atoms with Crippen LogP contribution in [-0.2, 0) is 6.42 Å². The molecule has 4 aromatic rings. The molecule has 2 aliphatic rings. The number of H-pyrrole nitrogens is 1. The van der Waals surface area contributed by atoms with Crippen LogP contribution in [0.3, 0.4) is 0 Å². The van der Waals surface area contributed by atoms with Crippen LogP contribution < -0.4 is 0 Å². The Kier molecular flexibility index (Phi) is 3.30. The van der Waals surface area contributed by atoms with Gasteiger partial charge in [0.15, 0.2) is 5.65 Å². The first-order valence-corrected chi connectivity index (χ1v) is 9.48. The molecule has 6 nitrogen and oxygen atoms in total. The van der Waals surface area contributed by atoms with Gasteiger partial charge in [-0.2, -0.15) is 10.2 Å². The maximum atomic E-state index is 15.2. The molecule has 5 heterocycles. The number of hydrogen-bond acceptors (Lipinski definition) is 4. The van der Waals surface area contributed by atoms with Gasteiger partial charge >= 0.3 is 0 Å². The monoisotopic (exact) mass is 414 g/mol. The standard InChI is InChI=1S/C20H14F4N6/c1-8-14-15(11(22)7-26-19(14)28-27-8)16-13-5-3-10-18(20(10,23)24)30(13)29-17(16)12-4-2-9(21)6-25-12/h2,4,6-7,10,18H,3,5H2,1H3,(H,26,27,28)/t10-,18+/m0/s1. The second-order valence-electron chi connectivity index (χ2n) is 7.75. The summed E-state index contributed by atoms with van der Waals surface area (Å²) < 4.78 is 58.5. The second-order valence-corrected chi connectivity index (χ2v) is 7.75. The average Bonchev–Trinajstić information content (AvgIpc) is 3.02. The van der Waals surface area contributed by atoms with Crippen LogP contribution in [0.5, 0.6) is 0 Å². The van der Waals surface area contributed by atoms with Crippen molar-refractivity contribution in [3.05, 3.63) is 47.5 Å². The molecule has 1 aliphatic carbocycles. The quantitative estimate of drug-likeness (QED) is 0.499. The minimum Gasteiger partial charge on any atom is -0.261 e. The molecule has 4 aromatic heterocycles. The fraction of sp³-hybridized carbons (Fsp3) is 0.300. The molecule has 0 saturated heterocycles. The third-order valence-corrected chi connectivity index (χ3v) is 6.07. The van der Waals surface area contributed by atoms with Crippen LogP contribution in [0.25, 0.3) is 33.5 Å². The molecule has 10 heteroatoms. The van der Waals surface area contributed by atoms with Crippen LogP contribution in [-0.4, -0.2) is 35.9 Å². The maximum absolute atomic E-state index is 15.2. The number of halogens is 4. The topological polar surface area (TPSA) is 72.3 Å². The van der Waals surface area contributed by atoms with Gasteiger partial charge in [-0.25, -0.2) is 22.5 Å². The highest BCUT2D eigenvalue weighted by Gasteiger charge is 2.71. The Morgan fingerprint density at radius 3 is 2.73 bits per heavy atom. The molecule has 0 unspecified atom stereocenters. The van der Waals surface area contributed by atoms with Crippen molar-refractivity contribution in [1.82, 2.24) is 29.9 Å². The van der Waals surface area contributed by atoms with E-state index in [-0.39, 0.29) is 23.4 Å². The molecule has 1 saturated carbocycles. The lowest BCUT2D eigenvalue weighted by molar-refractivity contribution is 0.0850. The Morgan fingerprint density at radius 1 is 1.13 bits per heavy atom. The fourth-order valence-corrected chi connectivity index (χ4v) is 4.61. The Hall–Kier alpha value is -3.30. The van der Waals surface area contributed by atoms with Gasteiger partial charge in [0.05, 0.1) is 35.1 Å². The number of rotatable bonds is 2. The predicted molar refractivity (Wildman–Crippen MR) is 98.8 cm³/mol. The van der Waals surface area contributed by atoms with E-state index in [9.17, 15) is 13.2 Å². The highest BCUT2D eigenvalue weighted by molar-refractivity contribution is 5.99. The SMILES string of the molecule is Cc1n[nH]c2ncc(F)c(-c3c(-c4ccc(F)cn4)nn4c3CC[C@H]3[C@@H]4C3(F)F)c12. The van der Waals surface area contributed by atoms with E-state index in [1.54, 1.807) is 6.92 Å². The number of pyridine rings is 2. The lowest BCUT2D eigenvalue weighted by Gasteiger charge is -2.14. The van der Waals surface area contributed by atoms with Gasteiger partial charge < -0.3 is 0 Å². The zero-order valence-electron chi connectivity index (χ0n) is 15.6. The largest absolute Gasteiger partial charge is 0.275 e. The molecule has 1 aliphatic heterocycles. The van der Waals surface area contributed by atoms with Gasteiger partial charge in [-0.15, -0.1) is 0 Å². The van der Waals surface area contributed by atoms with Crippen LogP contribution in [0.15, 0.2) is 24.5 Å². The summed E-state index contributed by atoms with van der Waals surface area (Å²) in [5, 5.41) is 11.8. The van der Waals surface area contributed by atoms with Gasteiger partial charge in [-0.1, -0.05) is 0 Å². The van der Waals surface area contributed by atoms with Gasteiger partial charge in [-0.05, 0) is 31.9 Å². The molecule has 0 aromatic carbocycles. The number of fused-ring (bicyclic) bond motifs is 4. The van der Waals surface area contributed by atoms with E-state index in [1.165, 1.54) is 16.8 Å². The molecule has 1 fully saturated rings. The van der Waals surface area contributed by atoms with Crippen LogP contribution in [0.2, 0.25) is 0 Å². The van der Waals surface area contributed by atoms with Crippen molar-refractivity contribution < 1.29 is 17.6 Å². The van der Waals surface area contributed by atoms with Gasteiger partial charge in [0.2, 0.25) is 0 Å². The van der Waals surface area contributed by atoms with E-state index in [4.69, 9.17) is 0 Å². The molecule has 0 spiro atoms. The number of hydrogen-bond donors (Lipinski definition) is 1. The van der Waals surface area contributed by atoms with Crippen molar-refractivity contribution in [1.29, 1.82) is 0 Å². The molecule has 152 valence electrons. The molecule has 6 rings (SSSR count). The Bertz CT molecular complexity index is 1320. The molecule has 0 bridgehead atoms. The van der Waals surface area contributed by atoms with Crippen molar-refractivity contribution in [2.45, 2.75) is 31.7 Å². The molecular formula is C20H14F4N6. The van der Waals surface area contributed by atoms with Gasteiger partial charge in [-0.3, -0.25) is 14.8 Å². The smallest absolute Gasteiger partial charge is 0.261 e. The number of nitrogens with zero attached hydrogens (tertiary/aromatic N) is 5. The van der Waals surface area contributed by atoms with Crippen molar-refractivity contribution in [2.75, 3.05) is 0 Å². The second kappa shape index (κ2) is 5.65. The average molecular weight is 414 g/mol. The molecular weight excluding hydrogens is 400 g/mol. The summed E-state index contributed by atoms with van der Waals surface area (Å²) in [5.74, 6) is -4.78. The van der Waals surface area contributed by atoms with E-state index in [2.05, 4.69) is 25.3 Å². The van der Waals surface area contributed by atoms with E-state index in [1.807, 2.05) is 0 Å². The van der Waals surface area contributed by atoms with E-state index in [0.717, 1.165) is 12.4 Å². The summed E-state index contributed by atoms with van der Waals surface area (Å²) in [4.78, 5) is 8.11. The first-order valence-electron chi connectivity index (χ1n) is 9.48. The van der Waals surface area contributed by atoms with Crippen molar-refractivity contribution in [3.63, 3.8) is 0 Å². The lowest BCUT2D eigenvalue weighted by Crippen LogP contribution is -2.11. The van der Waals surface area contributed by atoms with Crippen LogP contribution in [0.1, 0.15) is 23.9 Å². The Labute approximate surface area is 167 Å². The molecule has 2 atom stereocenters. The van der Waals surface area contributed by atoms with E-state index in [0.29, 0.717) is 34.4 Å². The summed E-state index contributed by atoms with van der Waals surface area (Å²) >= 11 is 0. The van der Waals surface area contributed by atoms with E-state index >= 15 is 4.39 Å². The van der Waals surface area contributed by atoms with Crippen molar-refractivity contribution >= 4 is 11.0 Å². The third kappa shape index (κ3) is 2.18.